The first-order valence-electron chi connectivity index (χ1n) is 9.04. The second-order valence-electron chi connectivity index (χ2n) is 6.80. The zero-order chi connectivity index (χ0) is 19.7. The molecule has 0 saturated carbocycles. The van der Waals surface area contributed by atoms with Crippen molar-refractivity contribution >= 4 is 21.8 Å². The maximum Gasteiger partial charge on any atom is 0.269 e. The van der Waals surface area contributed by atoms with Gasteiger partial charge in [-0.3, -0.25) is 9.59 Å². The maximum absolute atomic E-state index is 13.0. The van der Waals surface area contributed by atoms with Crippen molar-refractivity contribution in [2.75, 3.05) is 19.7 Å². The number of fused-ring (bicyclic) bond motifs is 1. The van der Waals surface area contributed by atoms with Crippen LogP contribution in [0.1, 0.15) is 29.0 Å². The van der Waals surface area contributed by atoms with Crippen LogP contribution in [-0.2, 0) is 26.1 Å². The Morgan fingerprint density at radius 1 is 1.21 bits per heavy atom. The summed E-state index contributed by atoms with van der Waals surface area (Å²) in [6.07, 6.45) is 3.15. The van der Waals surface area contributed by atoms with E-state index in [4.69, 9.17) is 9.15 Å². The molecule has 0 spiro atoms. The standard InChI is InChI=1S/C19H20N2O6S/c22-18(13-21-19(23)16-7-1-2-8-17(16)28(21,24)25)20(11-14-5-3-9-26-14)12-15-6-4-10-27-15/h1-3,5,7-9,15H,4,6,10-13H2. The van der Waals surface area contributed by atoms with Gasteiger partial charge in [-0.15, -0.1) is 0 Å². The molecule has 2 amide bonds. The first kappa shape index (κ1) is 18.7. The summed E-state index contributed by atoms with van der Waals surface area (Å²) in [6, 6.07) is 9.43. The molecule has 3 heterocycles. The van der Waals surface area contributed by atoms with Gasteiger partial charge in [0.1, 0.15) is 17.2 Å². The molecule has 1 aromatic carbocycles. The molecular formula is C19H20N2O6S. The van der Waals surface area contributed by atoms with Crippen molar-refractivity contribution in [3.05, 3.63) is 54.0 Å². The van der Waals surface area contributed by atoms with Crippen LogP contribution in [0.25, 0.3) is 0 Å². The van der Waals surface area contributed by atoms with Crippen LogP contribution in [0.5, 0.6) is 0 Å². The molecule has 9 heteroatoms. The Bertz CT molecular complexity index is 980. The zero-order valence-corrected chi connectivity index (χ0v) is 15.9. The topological polar surface area (TPSA) is 97.1 Å². The van der Waals surface area contributed by atoms with Crippen molar-refractivity contribution < 1.29 is 27.2 Å². The zero-order valence-electron chi connectivity index (χ0n) is 15.1. The van der Waals surface area contributed by atoms with Crippen LogP contribution in [-0.4, -0.2) is 55.2 Å². The molecule has 1 saturated heterocycles. The summed E-state index contributed by atoms with van der Waals surface area (Å²) in [5, 5.41) is 0. The van der Waals surface area contributed by atoms with Crippen LogP contribution < -0.4 is 0 Å². The molecule has 28 heavy (non-hydrogen) atoms. The highest BCUT2D eigenvalue weighted by Gasteiger charge is 2.42. The quantitative estimate of drug-likeness (QED) is 0.726. The van der Waals surface area contributed by atoms with E-state index >= 15 is 0 Å². The van der Waals surface area contributed by atoms with Crippen LogP contribution in [0.4, 0.5) is 0 Å². The predicted octanol–water partition coefficient (Wildman–Crippen LogP) is 1.63. The Morgan fingerprint density at radius 2 is 2.04 bits per heavy atom. The lowest BCUT2D eigenvalue weighted by Gasteiger charge is -2.26. The number of ether oxygens (including phenoxy) is 1. The Labute approximate surface area is 162 Å². The van der Waals surface area contributed by atoms with Crippen molar-refractivity contribution in [2.24, 2.45) is 0 Å². The number of amides is 2. The largest absolute Gasteiger partial charge is 0.467 e. The predicted molar refractivity (Wildman–Crippen MR) is 97.8 cm³/mol. The van der Waals surface area contributed by atoms with Crippen LogP contribution in [0.2, 0.25) is 0 Å². The van der Waals surface area contributed by atoms with Crippen LogP contribution in [0.3, 0.4) is 0 Å². The molecule has 0 aliphatic carbocycles. The summed E-state index contributed by atoms with van der Waals surface area (Å²) in [7, 11) is -4.03. The van der Waals surface area contributed by atoms with Gasteiger partial charge in [0.05, 0.1) is 24.5 Å². The van der Waals surface area contributed by atoms with Gasteiger partial charge in [-0.1, -0.05) is 12.1 Å². The summed E-state index contributed by atoms with van der Waals surface area (Å²) in [4.78, 5) is 27.0. The van der Waals surface area contributed by atoms with Gasteiger partial charge in [-0.25, -0.2) is 12.7 Å². The minimum absolute atomic E-state index is 0.0653. The maximum atomic E-state index is 13.0. The van der Waals surface area contributed by atoms with Gasteiger partial charge in [0.2, 0.25) is 5.91 Å². The highest BCUT2D eigenvalue weighted by molar-refractivity contribution is 7.90. The molecule has 1 unspecified atom stereocenters. The van der Waals surface area contributed by atoms with Gasteiger partial charge in [-0.05, 0) is 37.1 Å². The Kier molecular flexibility index (Phi) is 4.94. The Balaban J connectivity index is 1.54. The first-order chi connectivity index (χ1) is 13.5. The average Bonchev–Trinajstić information content (AvgIpc) is 3.41. The van der Waals surface area contributed by atoms with Gasteiger partial charge in [-0.2, -0.15) is 0 Å². The van der Waals surface area contributed by atoms with Gasteiger partial charge in [0.15, 0.2) is 0 Å². The number of hydrogen-bond acceptors (Lipinski definition) is 6. The molecular weight excluding hydrogens is 384 g/mol. The van der Waals surface area contributed by atoms with Crippen LogP contribution in [0.15, 0.2) is 52.0 Å². The lowest BCUT2D eigenvalue weighted by Crippen LogP contribution is -2.44. The second-order valence-corrected chi connectivity index (χ2v) is 8.63. The Hall–Kier alpha value is -2.65. The Morgan fingerprint density at radius 3 is 2.71 bits per heavy atom. The number of carbonyl (C=O) groups excluding carboxylic acids is 2. The summed E-state index contributed by atoms with van der Waals surface area (Å²) >= 11 is 0. The van der Waals surface area contributed by atoms with E-state index in [0.717, 1.165) is 12.8 Å². The third-order valence-electron chi connectivity index (χ3n) is 4.92. The molecule has 4 rings (SSSR count). The normalized spacial score (nSPS) is 20.4. The molecule has 148 valence electrons. The van der Waals surface area contributed by atoms with E-state index in [1.165, 1.54) is 23.3 Å². The van der Waals surface area contributed by atoms with Crippen molar-refractivity contribution in [3.8, 4) is 0 Å². The number of benzene rings is 1. The van der Waals surface area contributed by atoms with E-state index in [2.05, 4.69) is 0 Å². The summed E-state index contributed by atoms with van der Waals surface area (Å²) in [5.74, 6) is -0.583. The lowest BCUT2D eigenvalue weighted by atomic mass is 10.2. The molecule has 2 aromatic rings. The van der Waals surface area contributed by atoms with E-state index in [9.17, 15) is 18.0 Å². The van der Waals surface area contributed by atoms with E-state index < -0.39 is 28.4 Å². The van der Waals surface area contributed by atoms with E-state index in [-0.39, 0.29) is 23.1 Å². The number of furan rings is 1. The number of rotatable bonds is 6. The highest BCUT2D eigenvalue weighted by Crippen LogP contribution is 2.30. The summed E-state index contributed by atoms with van der Waals surface area (Å²) in [5.41, 5.74) is 0.0898. The summed E-state index contributed by atoms with van der Waals surface area (Å²) < 4.78 is 37.0. The smallest absolute Gasteiger partial charge is 0.269 e. The first-order valence-corrected chi connectivity index (χ1v) is 10.5. The lowest BCUT2D eigenvalue weighted by molar-refractivity contribution is -0.133. The average molecular weight is 404 g/mol. The van der Waals surface area contributed by atoms with Gasteiger partial charge >= 0.3 is 0 Å². The van der Waals surface area contributed by atoms with E-state index in [1.54, 1.807) is 24.3 Å². The summed E-state index contributed by atoms with van der Waals surface area (Å²) in [6.45, 7) is 0.584. The van der Waals surface area contributed by atoms with Crippen LogP contribution >= 0.6 is 0 Å². The molecule has 0 bridgehead atoms. The van der Waals surface area contributed by atoms with Gasteiger partial charge < -0.3 is 14.1 Å². The number of nitrogens with zero attached hydrogens (tertiary/aromatic N) is 2. The third kappa shape index (κ3) is 3.43. The van der Waals surface area contributed by atoms with Crippen molar-refractivity contribution in [3.63, 3.8) is 0 Å². The molecule has 0 N–H and O–H groups in total. The molecule has 0 radical (unpaired) electrons. The van der Waals surface area contributed by atoms with Crippen molar-refractivity contribution in [2.45, 2.75) is 30.4 Å². The third-order valence-corrected chi connectivity index (χ3v) is 6.71. The van der Waals surface area contributed by atoms with Crippen molar-refractivity contribution in [1.29, 1.82) is 0 Å². The molecule has 1 aromatic heterocycles. The second kappa shape index (κ2) is 7.40. The van der Waals surface area contributed by atoms with Gasteiger partial charge in [0, 0.05) is 13.2 Å². The van der Waals surface area contributed by atoms with Crippen LogP contribution in [0, 0.1) is 0 Å². The van der Waals surface area contributed by atoms with E-state index in [1.807, 2.05) is 0 Å². The molecule has 2 aliphatic heterocycles. The highest BCUT2D eigenvalue weighted by atomic mass is 32.2. The monoisotopic (exact) mass is 404 g/mol. The van der Waals surface area contributed by atoms with E-state index in [0.29, 0.717) is 23.2 Å². The SMILES string of the molecule is O=C(CN1C(=O)c2ccccc2S1(=O)=O)N(Cc1ccco1)CC1CCCO1. The fourth-order valence-corrected chi connectivity index (χ4v) is 5.01. The van der Waals surface area contributed by atoms with Crippen molar-refractivity contribution in [1.82, 2.24) is 9.21 Å². The minimum Gasteiger partial charge on any atom is -0.467 e. The minimum atomic E-state index is -4.03. The number of hydrogen-bond donors (Lipinski definition) is 0. The molecule has 2 aliphatic rings. The molecule has 1 atom stereocenters. The molecule has 8 nitrogen and oxygen atoms in total. The van der Waals surface area contributed by atoms with Gasteiger partial charge in [0.25, 0.3) is 15.9 Å². The fourth-order valence-electron chi connectivity index (χ4n) is 3.49. The number of sulfonamides is 1. The number of carbonyl (C=O) groups is 2. The fraction of sp³-hybridized carbons (Fsp3) is 0.368. The molecule has 1 fully saturated rings.